The molecule has 2 saturated heterocycles. The van der Waals surface area contributed by atoms with Gasteiger partial charge in [0.05, 0.1) is 0 Å². The van der Waals surface area contributed by atoms with Gasteiger partial charge in [0.25, 0.3) is 5.91 Å². The van der Waals surface area contributed by atoms with Crippen molar-refractivity contribution in [2.24, 2.45) is 0 Å². The minimum absolute atomic E-state index is 0.314. The van der Waals surface area contributed by atoms with Crippen molar-refractivity contribution in [3.05, 3.63) is 35.4 Å². The lowest BCUT2D eigenvalue weighted by Gasteiger charge is -2.33. The lowest BCUT2D eigenvalue weighted by molar-refractivity contribution is -0.152. The fraction of sp³-hybridized carbons (Fsp3) is 0.474. The number of amides is 4. The average molecular weight is 373 g/mol. The van der Waals surface area contributed by atoms with Gasteiger partial charge in [0.15, 0.2) is 0 Å². The van der Waals surface area contributed by atoms with Gasteiger partial charge in [-0.2, -0.15) is 0 Å². The van der Waals surface area contributed by atoms with Gasteiger partial charge in [-0.3, -0.25) is 14.5 Å². The normalized spacial score (nSPS) is 25.5. The van der Waals surface area contributed by atoms with E-state index in [1.54, 1.807) is 19.1 Å². The minimum atomic E-state index is -1.25. The highest BCUT2D eigenvalue weighted by Crippen LogP contribution is 2.29. The number of rotatable bonds is 4. The molecular formula is C19H23N3O5. The van der Waals surface area contributed by atoms with Crippen LogP contribution in [0.3, 0.4) is 0 Å². The highest BCUT2D eigenvalue weighted by atomic mass is 16.4. The summed E-state index contributed by atoms with van der Waals surface area (Å²) < 4.78 is 0. The molecule has 8 heteroatoms. The van der Waals surface area contributed by atoms with Crippen molar-refractivity contribution in [1.82, 2.24) is 15.1 Å². The molecule has 8 nitrogen and oxygen atoms in total. The van der Waals surface area contributed by atoms with Gasteiger partial charge in [-0.15, -0.1) is 0 Å². The summed E-state index contributed by atoms with van der Waals surface area (Å²) in [4.78, 5) is 51.5. The van der Waals surface area contributed by atoms with E-state index in [0.717, 1.165) is 16.9 Å². The smallest absolute Gasteiger partial charge is 0.326 e. The summed E-state index contributed by atoms with van der Waals surface area (Å²) in [5.74, 6) is -2.11. The number of nitrogens with one attached hydrogen (secondary N) is 1. The second-order valence-corrected chi connectivity index (χ2v) is 7.25. The predicted molar refractivity (Wildman–Crippen MR) is 95.8 cm³/mol. The van der Waals surface area contributed by atoms with E-state index in [9.17, 15) is 24.3 Å². The van der Waals surface area contributed by atoms with Crippen molar-refractivity contribution < 1.29 is 24.3 Å². The van der Waals surface area contributed by atoms with Crippen molar-refractivity contribution in [2.75, 3.05) is 13.1 Å². The van der Waals surface area contributed by atoms with Crippen LogP contribution in [0.1, 0.15) is 37.3 Å². The van der Waals surface area contributed by atoms with Crippen molar-refractivity contribution in [2.45, 2.75) is 44.7 Å². The van der Waals surface area contributed by atoms with Crippen LogP contribution in [-0.2, 0) is 19.9 Å². The van der Waals surface area contributed by atoms with E-state index in [4.69, 9.17) is 0 Å². The van der Waals surface area contributed by atoms with Crippen LogP contribution in [0, 0.1) is 6.92 Å². The van der Waals surface area contributed by atoms with Gasteiger partial charge in [0.1, 0.15) is 18.1 Å². The number of likely N-dealkylation sites (tertiary alicyclic amines) is 1. The molecule has 0 aromatic heterocycles. The van der Waals surface area contributed by atoms with E-state index >= 15 is 0 Å². The van der Waals surface area contributed by atoms with Crippen LogP contribution in [0.25, 0.3) is 0 Å². The molecule has 144 valence electrons. The van der Waals surface area contributed by atoms with Crippen molar-refractivity contribution in [1.29, 1.82) is 0 Å². The summed E-state index contributed by atoms with van der Waals surface area (Å²) in [6.45, 7) is 3.37. The number of aryl methyl sites for hydroxylation is 1. The molecule has 0 saturated carbocycles. The Labute approximate surface area is 157 Å². The molecule has 1 aromatic rings. The maximum Gasteiger partial charge on any atom is 0.326 e. The maximum atomic E-state index is 12.9. The number of hydrogen-bond acceptors (Lipinski definition) is 4. The van der Waals surface area contributed by atoms with Gasteiger partial charge in [-0.05, 0) is 38.7 Å². The SMILES string of the molecule is Cc1ccc(C2(C)NC(=O)N(CC(=O)N3CCCCC3C(=O)O)C2=O)cc1. The summed E-state index contributed by atoms with van der Waals surface area (Å²) in [5, 5.41) is 12.0. The summed E-state index contributed by atoms with van der Waals surface area (Å²) in [6.07, 6.45) is 1.81. The van der Waals surface area contributed by atoms with Crippen molar-refractivity contribution in [3.8, 4) is 0 Å². The molecule has 2 aliphatic heterocycles. The van der Waals surface area contributed by atoms with Crippen LogP contribution >= 0.6 is 0 Å². The van der Waals surface area contributed by atoms with Gasteiger partial charge in [-0.1, -0.05) is 29.8 Å². The number of carboxylic acid groups (broad SMARTS) is 1. The summed E-state index contributed by atoms with van der Waals surface area (Å²) >= 11 is 0. The lowest BCUT2D eigenvalue weighted by atomic mass is 9.91. The Hall–Kier alpha value is -2.90. The van der Waals surface area contributed by atoms with Crippen molar-refractivity contribution >= 4 is 23.8 Å². The Kier molecular flexibility index (Phi) is 4.91. The van der Waals surface area contributed by atoms with Crippen LogP contribution in [0.4, 0.5) is 4.79 Å². The van der Waals surface area contributed by atoms with Gasteiger partial charge in [0.2, 0.25) is 5.91 Å². The molecule has 2 aliphatic rings. The summed E-state index contributed by atoms with van der Waals surface area (Å²) in [6, 6.07) is 5.67. The quantitative estimate of drug-likeness (QED) is 0.772. The Morgan fingerprint density at radius 1 is 1.22 bits per heavy atom. The van der Waals surface area contributed by atoms with Gasteiger partial charge in [-0.25, -0.2) is 9.59 Å². The molecule has 27 heavy (non-hydrogen) atoms. The van der Waals surface area contributed by atoms with Gasteiger partial charge >= 0.3 is 12.0 Å². The van der Waals surface area contributed by atoms with Gasteiger partial charge in [0, 0.05) is 6.54 Å². The average Bonchev–Trinajstić information content (AvgIpc) is 2.86. The third-order valence-electron chi connectivity index (χ3n) is 5.31. The molecular weight excluding hydrogens is 350 g/mol. The Morgan fingerprint density at radius 3 is 2.52 bits per heavy atom. The zero-order chi connectivity index (χ0) is 19.8. The molecule has 2 atom stereocenters. The number of aliphatic carboxylic acids is 1. The number of carbonyl (C=O) groups excluding carboxylic acids is 3. The summed E-state index contributed by atoms with van der Waals surface area (Å²) in [5.41, 5.74) is 0.401. The number of carbonyl (C=O) groups is 4. The van der Waals surface area contributed by atoms with Crippen LogP contribution in [-0.4, -0.2) is 57.9 Å². The number of urea groups is 1. The molecule has 0 bridgehead atoms. The number of imide groups is 1. The van der Waals surface area contributed by atoms with E-state index in [0.29, 0.717) is 24.9 Å². The number of piperidine rings is 1. The second kappa shape index (κ2) is 7.02. The second-order valence-electron chi connectivity index (χ2n) is 7.25. The third kappa shape index (κ3) is 3.39. The molecule has 0 radical (unpaired) electrons. The topological polar surface area (TPSA) is 107 Å². The lowest BCUT2D eigenvalue weighted by Crippen LogP contribution is -2.52. The molecule has 0 aliphatic carbocycles. The molecule has 2 fully saturated rings. The monoisotopic (exact) mass is 373 g/mol. The zero-order valence-electron chi connectivity index (χ0n) is 15.4. The first-order valence-corrected chi connectivity index (χ1v) is 8.97. The van der Waals surface area contributed by atoms with Crippen LogP contribution in [0.15, 0.2) is 24.3 Å². The molecule has 2 heterocycles. The molecule has 0 spiro atoms. The first-order valence-electron chi connectivity index (χ1n) is 8.97. The van der Waals surface area contributed by atoms with Crippen LogP contribution in [0.5, 0.6) is 0 Å². The van der Waals surface area contributed by atoms with E-state index in [1.807, 2.05) is 19.1 Å². The van der Waals surface area contributed by atoms with Crippen LogP contribution in [0.2, 0.25) is 0 Å². The number of hydrogen-bond donors (Lipinski definition) is 2. The van der Waals surface area contributed by atoms with E-state index < -0.39 is 41.9 Å². The largest absolute Gasteiger partial charge is 0.480 e. The van der Waals surface area contributed by atoms with Crippen LogP contribution < -0.4 is 5.32 Å². The maximum absolute atomic E-state index is 12.9. The molecule has 2 unspecified atom stereocenters. The third-order valence-corrected chi connectivity index (χ3v) is 5.31. The Morgan fingerprint density at radius 2 is 1.89 bits per heavy atom. The molecule has 3 rings (SSSR count). The highest BCUT2D eigenvalue weighted by Gasteiger charge is 2.50. The zero-order valence-corrected chi connectivity index (χ0v) is 15.4. The van der Waals surface area contributed by atoms with E-state index in [-0.39, 0.29) is 0 Å². The Bertz CT molecular complexity index is 791. The highest BCUT2D eigenvalue weighted by molar-refractivity contribution is 6.09. The number of nitrogens with zero attached hydrogens (tertiary/aromatic N) is 2. The first-order chi connectivity index (χ1) is 12.7. The molecule has 4 amide bonds. The number of benzene rings is 1. The number of carboxylic acids is 1. The fourth-order valence-electron chi connectivity index (χ4n) is 3.64. The standard InChI is InChI=1S/C19H23N3O5/c1-12-6-8-13(9-7-12)19(2)17(26)22(18(27)20-19)11-15(23)21-10-4-3-5-14(21)16(24)25/h6-9,14H,3-5,10-11H2,1-2H3,(H,20,27)(H,24,25). The summed E-state index contributed by atoms with van der Waals surface area (Å²) in [7, 11) is 0. The fourth-order valence-corrected chi connectivity index (χ4v) is 3.64. The molecule has 1 aromatic carbocycles. The first kappa shape index (κ1) is 18.9. The van der Waals surface area contributed by atoms with E-state index in [2.05, 4.69) is 5.32 Å². The molecule has 2 N–H and O–H groups in total. The minimum Gasteiger partial charge on any atom is -0.480 e. The van der Waals surface area contributed by atoms with Crippen molar-refractivity contribution in [3.63, 3.8) is 0 Å². The van der Waals surface area contributed by atoms with Gasteiger partial charge < -0.3 is 15.3 Å². The predicted octanol–water partition coefficient (Wildman–Crippen LogP) is 1.23. The Balaban J connectivity index is 1.78. The van der Waals surface area contributed by atoms with E-state index in [1.165, 1.54) is 4.90 Å².